The number of anilines is 1. The van der Waals surface area contributed by atoms with Crippen LogP contribution in [0.5, 0.6) is 11.5 Å². The fourth-order valence-corrected chi connectivity index (χ4v) is 7.15. The Labute approximate surface area is 196 Å². The zero-order valence-corrected chi connectivity index (χ0v) is 19.3. The first kappa shape index (κ1) is 22.9. The molecule has 9 nitrogen and oxygen atoms in total. The van der Waals surface area contributed by atoms with Crippen LogP contribution in [0, 0.1) is 22.7 Å². The Bertz CT molecular complexity index is 1130. The standard InChI is InChI=1S/C25H29NO8/c1-23(8-7-17(29)26-18-14(27)5-4-13(19(18)30)21(31)33-3)16(28)6-9-25-11-12-10-15(20(23)25)34-24(12,2)22(25)32/h4-6,9,12,15,20,22,27,30,32H,7-8,10-11H2,1-3H3,(H,26,29)/t12?,15?,20?,22?,23-,24?,25?/m1/s1. The number of phenols is 2. The topological polar surface area (TPSA) is 142 Å². The van der Waals surface area contributed by atoms with Crippen molar-refractivity contribution in [3.05, 3.63) is 29.8 Å². The number of phenolic OH excluding ortho intramolecular Hbond substituents is 2. The molecule has 2 aliphatic heterocycles. The predicted molar refractivity (Wildman–Crippen MR) is 119 cm³/mol. The number of ether oxygens (including phenoxy) is 2. The summed E-state index contributed by atoms with van der Waals surface area (Å²) < 4.78 is 10.9. The van der Waals surface area contributed by atoms with Gasteiger partial charge in [-0.1, -0.05) is 13.0 Å². The lowest BCUT2D eigenvalue weighted by molar-refractivity contribution is -0.219. The molecule has 2 saturated heterocycles. The predicted octanol–water partition coefficient (Wildman–Crippen LogP) is 2.29. The van der Waals surface area contributed by atoms with Gasteiger partial charge in [-0.2, -0.15) is 0 Å². The third-order valence-corrected chi connectivity index (χ3v) is 8.83. The van der Waals surface area contributed by atoms with E-state index in [0.717, 1.165) is 20.0 Å². The second-order valence-corrected chi connectivity index (χ2v) is 10.5. The molecule has 4 bridgehead atoms. The van der Waals surface area contributed by atoms with Crippen LogP contribution in [-0.2, 0) is 19.1 Å². The minimum absolute atomic E-state index is 0.0759. The number of aliphatic hydroxyl groups excluding tert-OH is 1. The maximum atomic E-state index is 13.1. The quantitative estimate of drug-likeness (QED) is 0.378. The Morgan fingerprint density at radius 2 is 2.00 bits per heavy atom. The molecule has 9 heteroatoms. The molecule has 3 aliphatic carbocycles. The number of aliphatic hydroxyl groups is 1. The fraction of sp³-hybridized carbons (Fsp3) is 0.560. The molecular weight excluding hydrogens is 442 g/mol. The summed E-state index contributed by atoms with van der Waals surface area (Å²) in [6.45, 7) is 3.78. The molecule has 0 aromatic heterocycles. The molecule has 182 valence electrons. The number of benzene rings is 1. The van der Waals surface area contributed by atoms with Crippen LogP contribution in [0.1, 0.15) is 49.9 Å². The van der Waals surface area contributed by atoms with Crippen molar-refractivity contribution in [2.75, 3.05) is 12.4 Å². The van der Waals surface area contributed by atoms with Crippen molar-refractivity contribution in [1.29, 1.82) is 0 Å². The van der Waals surface area contributed by atoms with Crippen molar-refractivity contribution >= 4 is 23.3 Å². The maximum Gasteiger partial charge on any atom is 0.341 e. The van der Waals surface area contributed by atoms with E-state index in [-0.39, 0.29) is 47.8 Å². The molecule has 2 heterocycles. The molecule has 0 radical (unpaired) electrons. The Hall–Kier alpha value is -2.91. The summed E-state index contributed by atoms with van der Waals surface area (Å²) in [7, 11) is 1.15. The number of hydrogen-bond donors (Lipinski definition) is 4. The molecule has 5 aliphatic rings. The van der Waals surface area contributed by atoms with Crippen LogP contribution < -0.4 is 5.32 Å². The van der Waals surface area contributed by atoms with Gasteiger partial charge in [0, 0.05) is 23.2 Å². The number of ketones is 1. The number of nitrogens with one attached hydrogen (secondary N) is 1. The van der Waals surface area contributed by atoms with Crippen molar-refractivity contribution < 1.29 is 39.2 Å². The molecule has 4 N–H and O–H groups in total. The first-order valence-electron chi connectivity index (χ1n) is 11.5. The second kappa shape index (κ2) is 7.29. The van der Waals surface area contributed by atoms with Crippen LogP contribution in [0.4, 0.5) is 5.69 Å². The zero-order valence-electron chi connectivity index (χ0n) is 19.3. The van der Waals surface area contributed by atoms with Crippen LogP contribution in [0.25, 0.3) is 0 Å². The summed E-state index contributed by atoms with van der Waals surface area (Å²) in [5, 5.41) is 34.2. The molecule has 4 fully saturated rings. The second-order valence-electron chi connectivity index (χ2n) is 10.5. The number of amides is 1. The average Bonchev–Trinajstić information content (AvgIpc) is 3.14. The van der Waals surface area contributed by atoms with E-state index in [9.17, 15) is 29.7 Å². The smallest absolute Gasteiger partial charge is 0.341 e. The van der Waals surface area contributed by atoms with Gasteiger partial charge in [0.15, 0.2) is 11.5 Å². The highest BCUT2D eigenvalue weighted by Gasteiger charge is 2.76. The van der Waals surface area contributed by atoms with Gasteiger partial charge in [-0.3, -0.25) is 9.59 Å². The summed E-state index contributed by atoms with van der Waals surface area (Å²) in [5.41, 5.74) is -2.58. The molecule has 6 unspecified atom stereocenters. The van der Waals surface area contributed by atoms with Gasteiger partial charge in [0.2, 0.25) is 5.91 Å². The van der Waals surface area contributed by atoms with E-state index < -0.39 is 45.9 Å². The van der Waals surface area contributed by atoms with Crippen molar-refractivity contribution in [2.45, 2.75) is 57.3 Å². The number of aromatic hydroxyl groups is 2. The largest absolute Gasteiger partial charge is 0.506 e. The Kier molecular flexibility index (Phi) is 4.90. The molecule has 2 saturated carbocycles. The summed E-state index contributed by atoms with van der Waals surface area (Å²) in [5.74, 6) is -2.48. The van der Waals surface area contributed by atoms with Gasteiger partial charge in [0.05, 0.1) is 24.9 Å². The van der Waals surface area contributed by atoms with Crippen molar-refractivity contribution in [3.8, 4) is 11.5 Å². The van der Waals surface area contributed by atoms with Gasteiger partial charge in [-0.25, -0.2) is 4.79 Å². The lowest BCUT2D eigenvalue weighted by Crippen LogP contribution is -2.62. The maximum absolute atomic E-state index is 13.1. The Morgan fingerprint density at radius 1 is 1.26 bits per heavy atom. The fourth-order valence-electron chi connectivity index (χ4n) is 7.15. The van der Waals surface area contributed by atoms with Crippen LogP contribution in [0.3, 0.4) is 0 Å². The van der Waals surface area contributed by atoms with Crippen molar-refractivity contribution in [1.82, 2.24) is 0 Å². The highest BCUT2D eigenvalue weighted by Crippen LogP contribution is 2.71. The summed E-state index contributed by atoms with van der Waals surface area (Å²) >= 11 is 0. The Morgan fingerprint density at radius 3 is 2.68 bits per heavy atom. The number of carbonyl (C=O) groups is 3. The summed E-state index contributed by atoms with van der Waals surface area (Å²) in [4.78, 5) is 37.8. The van der Waals surface area contributed by atoms with E-state index in [1.807, 2.05) is 19.9 Å². The number of esters is 1. The third-order valence-electron chi connectivity index (χ3n) is 8.83. The highest BCUT2D eigenvalue weighted by atomic mass is 16.5. The monoisotopic (exact) mass is 471 g/mol. The van der Waals surface area contributed by atoms with Crippen molar-refractivity contribution in [2.24, 2.45) is 22.7 Å². The number of methoxy groups -OCH3 is 1. The number of rotatable bonds is 5. The molecule has 1 aromatic rings. The Balaban J connectivity index is 1.37. The molecule has 34 heavy (non-hydrogen) atoms. The minimum atomic E-state index is -0.924. The van der Waals surface area contributed by atoms with Crippen LogP contribution >= 0.6 is 0 Å². The normalized spacial score (nSPS) is 39.2. The first-order valence-corrected chi connectivity index (χ1v) is 11.5. The zero-order chi connectivity index (χ0) is 24.6. The van der Waals surface area contributed by atoms with Gasteiger partial charge < -0.3 is 30.1 Å². The lowest BCUT2D eigenvalue weighted by atomic mass is 9.50. The van der Waals surface area contributed by atoms with Gasteiger partial charge in [-0.05, 0) is 50.3 Å². The van der Waals surface area contributed by atoms with Crippen LogP contribution in [-0.4, -0.2) is 57.9 Å². The van der Waals surface area contributed by atoms with Crippen LogP contribution in [0.2, 0.25) is 0 Å². The SMILES string of the molecule is COC(=O)c1ccc(O)c(NC(=O)CC[C@]2(C)C(=O)C=CC34CC5CC(OC5(C)C3O)C42)c1O. The first-order chi connectivity index (χ1) is 16.0. The van der Waals surface area contributed by atoms with Gasteiger partial charge in [-0.15, -0.1) is 0 Å². The third kappa shape index (κ3) is 2.83. The van der Waals surface area contributed by atoms with E-state index in [2.05, 4.69) is 10.1 Å². The molecule has 7 atom stereocenters. The highest BCUT2D eigenvalue weighted by molar-refractivity contribution is 6.01. The lowest BCUT2D eigenvalue weighted by Gasteiger charge is -2.57. The number of carbonyl (C=O) groups excluding carboxylic acids is 3. The number of hydrogen-bond acceptors (Lipinski definition) is 8. The molecule has 1 amide bonds. The number of allylic oxidation sites excluding steroid dienone is 1. The summed E-state index contributed by atoms with van der Waals surface area (Å²) in [6, 6.07) is 2.36. The van der Waals surface area contributed by atoms with E-state index >= 15 is 0 Å². The van der Waals surface area contributed by atoms with Crippen LogP contribution in [0.15, 0.2) is 24.3 Å². The van der Waals surface area contributed by atoms with Crippen molar-refractivity contribution in [3.63, 3.8) is 0 Å². The molecule has 1 spiro atoms. The average molecular weight is 472 g/mol. The van der Waals surface area contributed by atoms with Gasteiger partial charge in [0.1, 0.15) is 17.0 Å². The van der Waals surface area contributed by atoms with E-state index in [4.69, 9.17) is 4.74 Å². The molecule has 6 rings (SSSR count). The van der Waals surface area contributed by atoms with E-state index in [1.54, 1.807) is 6.08 Å². The molecule has 1 aromatic carbocycles. The summed E-state index contributed by atoms with van der Waals surface area (Å²) in [6.07, 6.45) is 4.18. The van der Waals surface area contributed by atoms with E-state index in [1.165, 1.54) is 12.1 Å². The van der Waals surface area contributed by atoms with E-state index in [0.29, 0.717) is 0 Å². The van der Waals surface area contributed by atoms with Gasteiger partial charge in [0.25, 0.3) is 0 Å². The molecular formula is C25H29NO8. The van der Waals surface area contributed by atoms with Gasteiger partial charge >= 0.3 is 5.97 Å². The minimum Gasteiger partial charge on any atom is -0.506 e.